The molecule has 0 aliphatic heterocycles. The van der Waals surface area contributed by atoms with Crippen molar-refractivity contribution in [2.24, 2.45) is 0 Å². The van der Waals surface area contributed by atoms with E-state index < -0.39 is 0 Å². The largest absolute Gasteiger partial charge is 0.496 e. The lowest BCUT2D eigenvalue weighted by atomic mass is 10.1. The number of ether oxygens (including phenoxy) is 1. The molecule has 0 unspecified atom stereocenters. The average molecular weight is 321 g/mol. The van der Waals surface area contributed by atoms with E-state index in [1.807, 2.05) is 6.07 Å². The van der Waals surface area contributed by atoms with Gasteiger partial charge in [-0.3, -0.25) is 4.79 Å². The summed E-state index contributed by atoms with van der Waals surface area (Å²) in [7, 11) is 1.47. The van der Waals surface area contributed by atoms with Gasteiger partial charge in [0.1, 0.15) is 11.8 Å². The third kappa shape index (κ3) is 3.46. The van der Waals surface area contributed by atoms with Crippen LogP contribution in [-0.4, -0.2) is 13.0 Å². The Balaban J connectivity index is 2.28. The lowest BCUT2D eigenvalue weighted by molar-refractivity contribution is 0.102. The van der Waals surface area contributed by atoms with Crippen molar-refractivity contribution in [3.63, 3.8) is 0 Å². The van der Waals surface area contributed by atoms with E-state index in [0.717, 1.165) is 0 Å². The van der Waals surface area contributed by atoms with E-state index in [2.05, 4.69) is 5.32 Å². The van der Waals surface area contributed by atoms with Gasteiger partial charge in [-0.1, -0.05) is 23.2 Å². The van der Waals surface area contributed by atoms with Crippen molar-refractivity contribution in [3.05, 3.63) is 57.6 Å². The fourth-order valence-corrected chi connectivity index (χ4v) is 2.13. The lowest BCUT2D eigenvalue weighted by Crippen LogP contribution is -2.13. The molecule has 2 aromatic carbocycles. The smallest absolute Gasteiger partial charge is 0.259 e. The van der Waals surface area contributed by atoms with Crippen molar-refractivity contribution in [2.75, 3.05) is 12.4 Å². The first kappa shape index (κ1) is 15.2. The number of methoxy groups -OCH3 is 1. The number of carbonyl (C=O) groups excluding carboxylic acids is 1. The molecule has 6 heteroatoms. The third-order valence-corrected chi connectivity index (χ3v) is 3.30. The molecule has 0 aromatic heterocycles. The first-order valence-corrected chi connectivity index (χ1v) is 6.65. The summed E-state index contributed by atoms with van der Waals surface area (Å²) in [6.07, 6.45) is 0. The molecule has 2 rings (SSSR count). The summed E-state index contributed by atoms with van der Waals surface area (Å²) < 4.78 is 5.13. The summed E-state index contributed by atoms with van der Waals surface area (Å²) in [5.41, 5.74) is 1.13. The number of hydrogen-bond acceptors (Lipinski definition) is 3. The Kier molecular flexibility index (Phi) is 4.69. The van der Waals surface area contributed by atoms with Gasteiger partial charge in [0.15, 0.2) is 0 Å². The molecule has 21 heavy (non-hydrogen) atoms. The number of amides is 1. The average Bonchev–Trinajstić information content (AvgIpc) is 2.47. The molecule has 0 atom stereocenters. The Morgan fingerprint density at radius 1 is 1.24 bits per heavy atom. The first-order chi connectivity index (χ1) is 10.0. The summed E-state index contributed by atoms with van der Waals surface area (Å²) in [6, 6.07) is 11.4. The highest BCUT2D eigenvalue weighted by atomic mass is 35.5. The highest BCUT2D eigenvalue weighted by Gasteiger charge is 2.13. The van der Waals surface area contributed by atoms with Gasteiger partial charge in [-0.15, -0.1) is 0 Å². The molecule has 1 N–H and O–H groups in total. The van der Waals surface area contributed by atoms with Gasteiger partial charge < -0.3 is 10.1 Å². The molecule has 0 heterocycles. The number of nitrogens with zero attached hydrogens (tertiary/aromatic N) is 1. The maximum atomic E-state index is 12.3. The zero-order valence-corrected chi connectivity index (χ0v) is 12.5. The summed E-state index contributed by atoms with van der Waals surface area (Å²) in [5.74, 6) is 0.0340. The summed E-state index contributed by atoms with van der Waals surface area (Å²) in [5, 5.41) is 12.2. The van der Waals surface area contributed by atoms with E-state index in [4.69, 9.17) is 33.2 Å². The quantitative estimate of drug-likeness (QED) is 0.925. The van der Waals surface area contributed by atoms with Crippen LogP contribution < -0.4 is 10.1 Å². The zero-order chi connectivity index (χ0) is 15.4. The number of hydrogen-bond donors (Lipinski definition) is 1. The predicted molar refractivity (Wildman–Crippen MR) is 82.1 cm³/mol. The molecule has 0 saturated heterocycles. The van der Waals surface area contributed by atoms with Crippen molar-refractivity contribution < 1.29 is 9.53 Å². The standard InChI is InChI=1S/C15H10Cl2N2O2/c1-21-14-5-3-10(16)6-12(14)15(20)19-11-4-2-9(8-18)13(17)7-11/h2-7H,1H3,(H,19,20). The number of nitrogens with one attached hydrogen (secondary N) is 1. The number of halogens is 2. The number of rotatable bonds is 3. The molecule has 0 saturated carbocycles. The minimum Gasteiger partial charge on any atom is -0.496 e. The SMILES string of the molecule is COc1ccc(Cl)cc1C(=O)Nc1ccc(C#N)c(Cl)c1. The molecule has 0 spiro atoms. The van der Waals surface area contributed by atoms with Crippen molar-refractivity contribution >= 4 is 34.8 Å². The van der Waals surface area contributed by atoms with Gasteiger partial charge >= 0.3 is 0 Å². The number of benzene rings is 2. The molecule has 0 bridgehead atoms. The minimum atomic E-state index is -0.380. The molecule has 4 nitrogen and oxygen atoms in total. The fourth-order valence-electron chi connectivity index (χ4n) is 1.74. The van der Waals surface area contributed by atoms with Gasteiger partial charge in [0, 0.05) is 10.7 Å². The number of carbonyl (C=O) groups is 1. The van der Waals surface area contributed by atoms with E-state index in [1.165, 1.54) is 25.3 Å². The Morgan fingerprint density at radius 2 is 2.00 bits per heavy atom. The highest BCUT2D eigenvalue weighted by molar-refractivity contribution is 6.32. The van der Waals surface area contributed by atoms with Crippen LogP contribution in [0.3, 0.4) is 0 Å². The van der Waals surface area contributed by atoms with Crippen molar-refractivity contribution in [1.29, 1.82) is 5.26 Å². The Labute approximate surface area is 131 Å². The molecule has 0 aliphatic carbocycles. The number of nitriles is 1. The molecular weight excluding hydrogens is 311 g/mol. The van der Waals surface area contributed by atoms with Crippen molar-refractivity contribution in [1.82, 2.24) is 0 Å². The number of anilines is 1. The minimum absolute atomic E-state index is 0.272. The van der Waals surface area contributed by atoms with Gasteiger partial charge in [-0.05, 0) is 36.4 Å². The van der Waals surface area contributed by atoms with Crippen LogP contribution in [0.15, 0.2) is 36.4 Å². The van der Waals surface area contributed by atoms with Crippen molar-refractivity contribution in [2.45, 2.75) is 0 Å². The molecule has 1 amide bonds. The normalized spacial score (nSPS) is 9.81. The van der Waals surface area contributed by atoms with Crippen LogP contribution in [0.2, 0.25) is 10.0 Å². The molecule has 0 radical (unpaired) electrons. The van der Waals surface area contributed by atoms with E-state index in [-0.39, 0.29) is 10.9 Å². The maximum Gasteiger partial charge on any atom is 0.259 e. The van der Waals surface area contributed by atoms with Crippen LogP contribution in [-0.2, 0) is 0 Å². The van der Waals surface area contributed by atoms with E-state index in [1.54, 1.807) is 18.2 Å². The Bertz CT molecular complexity index is 739. The predicted octanol–water partition coefficient (Wildman–Crippen LogP) is 4.13. The molecule has 0 aliphatic rings. The summed E-state index contributed by atoms with van der Waals surface area (Å²) >= 11 is 11.8. The second-order valence-corrected chi connectivity index (χ2v) is 4.95. The summed E-state index contributed by atoms with van der Waals surface area (Å²) in [4.78, 5) is 12.3. The van der Waals surface area contributed by atoms with Crippen molar-refractivity contribution in [3.8, 4) is 11.8 Å². The fraction of sp³-hybridized carbons (Fsp3) is 0.0667. The second-order valence-electron chi connectivity index (χ2n) is 4.11. The monoisotopic (exact) mass is 320 g/mol. The second kappa shape index (κ2) is 6.49. The van der Waals surface area contributed by atoms with Gasteiger partial charge in [0.25, 0.3) is 5.91 Å². The molecule has 0 fully saturated rings. The maximum absolute atomic E-state index is 12.3. The molecular formula is C15H10Cl2N2O2. The van der Waals surface area contributed by atoms with Crippen LogP contribution in [0.1, 0.15) is 15.9 Å². The molecule has 2 aromatic rings. The third-order valence-electron chi connectivity index (χ3n) is 2.75. The molecule has 106 valence electrons. The van der Waals surface area contributed by atoms with Gasteiger partial charge in [0.05, 0.1) is 23.3 Å². The van der Waals surface area contributed by atoms with Crippen LogP contribution in [0.5, 0.6) is 5.75 Å². The lowest BCUT2D eigenvalue weighted by Gasteiger charge is -2.10. The summed E-state index contributed by atoms with van der Waals surface area (Å²) in [6.45, 7) is 0. The Morgan fingerprint density at radius 3 is 2.62 bits per heavy atom. The van der Waals surface area contributed by atoms with E-state index >= 15 is 0 Å². The van der Waals surface area contributed by atoms with Gasteiger partial charge in [-0.25, -0.2) is 0 Å². The topological polar surface area (TPSA) is 62.1 Å². The van der Waals surface area contributed by atoms with Crippen LogP contribution in [0, 0.1) is 11.3 Å². The van der Waals surface area contributed by atoms with E-state index in [9.17, 15) is 4.79 Å². The van der Waals surface area contributed by atoms with Gasteiger partial charge in [0.2, 0.25) is 0 Å². The van der Waals surface area contributed by atoms with Gasteiger partial charge in [-0.2, -0.15) is 5.26 Å². The van der Waals surface area contributed by atoms with Crippen LogP contribution in [0.25, 0.3) is 0 Å². The zero-order valence-electron chi connectivity index (χ0n) is 11.0. The Hall–Kier alpha value is -2.22. The highest BCUT2D eigenvalue weighted by Crippen LogP contribution is 2.25. The van der Waals surface area contributed by atoms with Crippen LogP contribution >= 0.6 is 23.2 Å². The van der Waals surface area contributed by atoms with E-state index in [0.29, 0.717) is 27.6 Å². The first-order valence-electron chi connectivity index (χ1n) is 5.89. The van der Waals surface area contributed by atoms with Crippen LogP contribution in [0.4, 0.5) is 5.69 Å².